The normalized spacial score (nSPS) is 20.0. The van der Waals surface area contributed by atoms with Crippen molar-refractivity contribution in [3.63, 3.8) is 0 Å². The molecule has 0 radical (unpaired) electrons. The molecular formula is C25H28N4O. The second kappa shape index (κ2) is 6.34. The lowest BCUT2D eigenvalue weighted by Gasteiger charge is -2.38. The van der Waals surface area contributed by atoms with Gasteiger partial charge in [0.2, 0.25) is 0 Å². The Morgan fingerprint density at radius 1 is 0.933 bits per heavy atom. The van der Waals surface area contributed by atoms with Gasteiger partial charge in [0.05, 0.1) is 17.4 Å². The maximum atomic E-state index is 5.02. The second-order valence-corrected chi connectivity index (χ2v) is 10.1. The number of benzene rings is 1. The molecule has 2 aromatic heterocycles. The van der Waals surface area contributed by atoms with E-state index in [9.17, 15) is 0 Å². The first-order chi connectivity index (χ1) is 14.2. The van der Waals surface area contributed by atoms with Gasteiger partial charge < -0.3 is 4.52 Å². The summed E-state index contributed by atoms with van der Waals surface area (Å²) in [6, 6.07) is 9.19. The third-order valence-electron chi connectivity index (χ3n) is 6.94. The summed E-state index contributed by atoms with van der Waals surface area (Å²) in [5.74, 6) is 0.508. The standard InChI is InChI=1S/C25H28N4O/c1-16-12-19-20(24(4,5)9-8-23(19,2)3)14-18(16)25(10-11-25)21-7-6-17(15-26-21)13-22-27-28-29-30-22/h6-9,12,14-15H,10-11,13H2,1-5H3. The van der Waals surface area contributed by atoms with Crippen LogP contribution < -0.4 is 0 Å². The smallest absolute Gasteiger partial charge is 0.252 e. The van der Waals surface area contributed by atoms with Crippen molar-refractivity contribution in [3.05, 3.63) is 82.0 Å². The average Bonchev–Trinajstić information content (AvgIpc) is 3.35. The van der Waals surface area contributed by atoms with Crippen molar-refractivity contribution in [2.24, 2.45) is 0 Å². The van der Waals surface area contributed by atoms with Crippen molar-refractivity contribution in [1.29, 1.82) is 0 Å². The third-order valence-corrected chi connectivity index (χ3v) is 6.94. The first kappa shape index (κ1) is 19.2. The number of aromatic nitrogens is 4. The molecule has 1 fully saturated rings. The van der Waals surface area contributed by atoms with Crippen LogP contribution in [-0.2, 0) is 22.7 Å². The Hall–Kier alpha value is -2.82. The van der Waals surface area contributed by atoms with E-state index >= 15 is 0 Å². The minimum atomic E-state index is 0.0328. The van der Waals surface area contributed by atoms with E-state index < -0.39 is 0 Å². The molecule has 0 bridgehead atoms. The number of hydrogen-bond donors (Lipinski definition) is 0. The van der Waals surface area contributed by atoms with E-state index in [1.165, 1.54) is 22.3 Å². The summed E-state index contributed by atoms with van der Waals surface area (Å²) in [5.41, 5.74) is 8.04. The number of pyridine rings is 1. The van der Waals surface area contributed by atoms with Crippen molar-refractivity contribution < 1.29 is 4.52 Å². The predicted molar refractivity (Wildman–Crippen MR) is 116 cm³/mol. The number of aryl methyl sites for hydroxylation is 1. The highest BCUT2D eigenvalue weighted by Gasteiger charge is 2.49. The zero-order valence-electron chi connectivity index (χ0n) is 18.4. The zero-order chi connectivity index (χ0) is 21.1. The van der Waals surface area contributed by atoms with Crippen LogP contribution in [0.5, 0.6) is 0 Å². The number of rotatable bonds is 4. The van der Waals surface area contributed by atoms with Crippen LogP contribution in [0.4, 0.5) is 0 Å². The fourth-order valence-electron chi connectivity index (χ4n) is 4.88. The molecular weight excluding hydrogens is 372 g/mol. The Morgan fingerprint density at radius 3 is 2.20 bits per heavy atom. The van der Waals surface area contributed by atoms with E-state index in [1.54, 1.807) is 0 Å². The maximum absolute atomic E-state index is 5.02. The van der Waals surface area contributed by atoms with Crippen molar-refractivity contribution in [1.82, 2.24) is 20.6 Å². The Bertz CT molecular complexity index is 1120. The summed E-state index contributed by atoms with van der Waals surface area (Å²) in [5, 5.41) is 10.8. The number of nitrogens with zero attached hydrogens (tertiary/aromatic N) is 4. The third kappa shape index (κ3) is 2.99. The van der Waals surface area contributed by atoms with Gasteiger partial charge in [0.25, 0.3) is 5.89 Å². The molecule has 30 heavy (non-hydrogen) atoms. The molecule has 1 saturated carbocycles. The van der Waals surface area contributed by atoms with Crippen LogP contribution >= 0.6 is 0 Å². The Morgan fingerprint density at radius 2 is 1.63 bits per heavy atom. The fourth-order valence-corrected chi connectivity index (χ4v) is 4.88. The molecule has 0 spiro atoms. The van der Waals surface area contributed by atoms with Gasteiger partial charge in [-0.05, 0) is 58.9 Å². The van der Waals surface area contributed by atoms with Crippen molar-refractivity contribution in [3.8, 4) is 0 Å². The monoisotopic (exact) mass is 400 g/mol. The molecule has 154 valence electrons. The minimum Gasteiger partial charge on any atom is -0.320 e. The lowest BCUT2D eigenvalue weighted by atomic mass is 9.66. The summed E-state index contributed by atoms with van der Waals surface area (Å²) >= 11 is 0. The van der Waals surface area contributed by atoms with E-state index in [2.05, 4.69) is 86.6 Å². The summed E-state index contributed by atoms with van der Waals surface area (Å²) in [6.07, 6.45) is 9.51. The van der Waals surface area contributed by atoms with Gasteiger partial charge in [-0.2, -0.15) is 0 Å². The summed E-state index contributed by atoms with van der Waals surface area (Å²) in [4.78, 5) is 4.86. The predicted octanol–water partition coefficient (Wildman–Crippen LogP) is 4.96. The van der Waals surface area contributed by atoms with Crippen LogP contribution in [-0.4, -0.2) is 20.6 Å². The Labute approximate surface area is 177 Å². The van der Waals surface area contributed by atoms with Crippen LogP contribution in [0, 0.1) is 6.92 Å². The Balaban J connectivity index is 1.53. The molecule has 0 unspecified atom stereocenters. The van der Waals surface area contributed by atoms with Gasteiger partial charge in [0.1, 0.15) is 0 Å². The largest absolute Gasteiger partial charge is 0.320 e. The highest BCUT2D eigenvalue weighted by Crippen LogP contribution is 2.55. The lowest BCUT2D eigenvalue weighted by Crippen LogP contribution is -2.30. The quantitative estimate of drug-likeness (QED) is 0.579. The van der Waals surface area contributed by atoms with Gasteiger partial charge in [-0.15, -0.1) is 0 Å². The maximum Gasteiger partial charge on any atom is 0.252 e. The van der Waals surface area contributed by atoms with Crippen LogP contribution in [0.2, 0.25) is 0 Å². The molecule has 0 N–H and O–H groups in total. The van der Waals surface area contributed by atoms with E-state index in [1.807, 2.05) is 6.20 Å². The second-order valence-electron chi connectivity index (χ2n) is 10.1. The molecule has 0 atom stereocenters. The SMILES string of the molecule is Cc1cc2c(cc1C1(c3ccc(Cc4nnno4)cn3)CC1)C(C)(C)C=CC2(C)C. The number of fused-ring (bicyclic) bond motifs is 1. The van der Waals surface area contributed by atoms with Gasteiger partial charge in [0, 0.05) is 22.4 Å². The molecule has 5 rings (SSSR count). The van der Waals surface area contributed by atoms with E-state index in [-0.39, 0.29) is 16.2 Å². The van der Waals surface area contributed by atoms with E-state index in [0.717, 1.165) is 24.1 Å². The summed E-state index contributed by atoms with van der Waals surface area (Å²) < 4.78 is 5.02. The molecule has 0 aliphatic heterocycles. The van der Waals surface area contributed by atoms with Gasteiger partial charge in [-0.1, -0.05) is 63.1 Å². The van der Waals surface area contributed by atoms with Crippen molar-refractivity contribution >= 4 is 0 Å². The van der Waals surface area contributed by atoms with Crippen LogP contribution in [0.25, 0.3) is 0 Å². The number of allylic oxidation sites excluding steroid dienone is 2. The number of hydrogen-bond acceptors (Lipinski definition) is 5. The highest BCUT2D eigenvalue weighted by molar-refractivity contribution is 5.56. The van der Waals surface area contributed by atoms with Gasteiger partial charge in [-0.25, -0.2) is 0 Å². The first-order valence-corrected chi connectivity index (χ1v) is 10.7. The van der Waals surface area contributed by atoms with Crippen LogP contribution in [0.1, 0.15) is 79.9 Å². The molecule has 0 saturated heterocycles. The van der Waals surface area contributed by atoms with E-state index in [0.29, 0.717) is 12.3 Å². The van der Waals surface area contributed by atoms with Crippen molar-refractivity contribution in [2.45, 2.75) is 70.1 Å². The van der Waals surface area contributed by atoms with Crippen molar-refractivity contribution in [2.75, 3.05) is 0 Å². The molecule has 2 aliphatic carbocycles. The van der Waals surface area contributed by atoms with Gasteiger partial charge in [0.15, 0.2) is 0 Å². The summed E-state index contributed by atoms with van der Waals surface area (Å²) in [6.45, 7) is 11.5. The molecule has 1 aromatic carbocycles. The van der Waals surface area contributed by atoms with Gasteiger partial charge in [-0.3, -0.25) is 4.98 Å². The van der Waals surface area contributed by atoms with Crippen LogP contribution in [0.15, 0.2) is 47.1 Å². The fraction of sp³-hybridized carbons (Fsp3) is 0.440. The Kier molecular flexibility index (Phi) is 4.05. The van der Waals surface area contributed by atoms with Crippen LogP contribution in [0.3, 0.4) is 0 Å². The molecule has 0 amide bonds. The first-order valence-electron chi connectivity index (χ1n) is 10.7. The minimum absolute atomic E-state index is 0.0328. The zero-order valence-corrected chi connectivity index (χ0v) is 18.4. The molecule has 2 aliphatic rings. The molecule has 2 heterocycles. The average molecular weight is 401 g/mol. The van der Waals surface area contributed by atoms with Gasteiger partial charge >= 0.3 is 0 Å². The highest BCUT2D eigenvalue weighted by atomic mass is 16.5. The topological polar surface area (TPSA) is 64.7 Å². The molecule has 3 aromatic rings. The molecule has 5 heteroatoms. The van der Waals surface area contributed by atoms with E-state index in [4.69, 9.17) is 9.51 Å². The lowest BCUT2D eigenvalue weighted by molar-refractivity contribution is 0.366. The summed E-state index contributed by atoms with van der Waals surface area (Å²) in [7, 11) is 0. The molecule has 5 nitrogen and oxygen atoms in total.